The fraction of sp³-hybridized carbons (Fsp3) is 0.333. The zero-order chi connectivity index (χ0) is 19.4. The van der Waals surface area contributed by atoms with E-state index in [0.29, 0.717) is 23.4 Å². The summed E-state index contributed by atoms with van der Waals surface area (Å²) in [6.07, 6.45) is 3.32. The van der Waals surface area contributed by atoms with Crippen LogP contribution in [0.3, 0.4) is 0 Å². The fourth-order valence-electron chi connectivity index (χ4n) is 2.87. The number of rotatable bonds is 6. The highest BCUT2D eigenvalue weighted by atomic mass is 79.9. The Morgan fingerprint density at radius 2 is 2.00 bits per heavy atom. The summed E-state index contributed by atoms with van der Waals surface area (Å²) in [6, 6.07) is 8.02. The van der Waals surface area contributed by atoms with E-state index in [2.05, 4.69) is 26.2 Å². The third kappa shape index (κ3) is 4.48. The number of halogens is 1. The van der Waals surface area contributed by atoms with E-state index in [-0.39, 0.29) is 22.9 Å². The molecule has 2 aromatic rings. The Balaban J connectivity index is 1.78. The molecule has 1 aromatic carbocycles. The smallest absolute Gasteiger partial charge is 0.252 e. The number of hydrogen-bond donors (Lipinski definition) is 1. The Kier molecular flexibility index (Phi) is 6.13. The van der Waals surface area contributed by atoms with Crippen LogP contribution in [0, 0.1) is 0 Å². The Bertz CT molecular complexity index is 943. The first-order valence-electron chi connectivity index (χ1n) is 8.48. The van der Waals surface area contributed by atoms with Crippen LogP contribution in [0.2, 0.25) is 0 Å². The van der Waals surface area contributed by atoms with E-state index in [0.717, 1.165) is 18.4 Å². The molecule has 1 amide bonds. The van der Waals surface area contributed by atoms with Crippen LogP contribution < -0.4 is 10.1 Å². The maximum absolute atomic E-state index is 12.7. The molecule has 1 N–H and O–H groups in total. The van der Waals surface area contributed by atoms with Crippen molar-refractivity contribution in [1.29, 1.82) is 0 Å². The molecule has 1 aromatic heterocycles. The van der Waals surface area contributed by atoms with E-state index >= 15 is 0 Å². The van der Waals surface area contributed by atoms with Crippen LogP contribution in [0.5, 0.6) is 5.88 Å². The molecule has 0 radical (unpaired) electrons. The highest BCUT2D eigenvalue weighted by Crippen LogP contribution is 2.25. The zero-order valence-corrected chi connectivity index (χ0v) is 17.2. The van der Waals surface area contributed by atoms with Gasteiger partial charge in [0.25, 0.3) is 5.91 Å². The molecule has 1 aliphatic heterocycles. The molecule has 2 heterocycles. The van der Waals surface area contributed by atoms with Gasteiger partial charge >= 0.3 is 0 Å². The SMILES string of the molecule is COc1cc(CNC(=O)c2cc(S(=O)(=O)N3CCCC3)ccc2Br)ccn1. The lowest BCUT2D eigenvalue weighted by Crippen LogP contribution is -2.28. The Morgan fingerprint density at radius 1 is 1.26 bits per heavy atom. The summed E-state index contributed by atoms with van der Waals surface area (Å²) in [5.41, 5.74) is 1.10. The molecule has 0 unspecified atom stereocenters. The van der Waals surface area contributed by atoms with Crippen LogP contribution in [-0.2, 0) is 16.6 Å². The second-order valence-electron chi connectivity index (χ2n) is 6.14. The highest BCUT2D eigenvalue weighted by Gasteiger charge is 2.28. The number of sulfonamides is 1. The Morgan fingerprint density at radius 3 is 2.70 bits per heavy atom. The van der Waals surface area contributed by atoms with Gasteiger partial charge in [-0.15, -0.1) is 0 Å². The predicted molar refractivity (Wildman–Crippen MR) is 104 cm³/mol. The molecule has 9 heteroatoms. The maximum Gasteiger partial charge on any atom is 0.252 e. The lowest BCUT2D eigenvalue weighted by molar-refractivity contribution is 0.0950. The molecule has 0 atom stereocenters. The fourth-order valence-corrected chi connectivity index (χ4v) is 4.84. The van der Waals surface area contributed by atoms with Gasteiger partial charge in [0.2, 0.25) is 15.9 Å². The summed E-state index contributed by atoms with van der Waals surface area (Å²) in [7, 11) is -2.06. The number of carbonyl (C=O) groups excluding carboxylic acids is 1. The summed E-state index contributed by atoms with van der Waals surface area (Å²) in [6.45, 7) is 1.31. The predicted octanol–water partition coefficient (Wildman–Crippen LogP) is 2.57. The lowest BCUT2D eigenvalue weighted by Gasteiger charge is -2.16. The molecule has 0 spiro atoms. The van der Waals surface area contributed by atoms with Crippen molar-refractivity contribution in [2.75, 3.05) is 20.2 Å². The van der Waals surface area contributed by atoms with Gasteiger partial charge in [-0.1, -0.05) is 0 Å². The van der Waals surface area contributed by atoms with E-state index in [9.17, 15) is 13.2 Å². The minimum Gasteiger partial charge on any atom is -0.481 e. The van der Waals surface area contributed by atoms with Gasteiger partial charge in [0, 0.05) is 36.4 Å². The van der Waals surface area contributed by atoms with Crippen molar-refractivity contribution in [1.82, 2.24) is 14.6 Å². The van der Waals surface area contributed by atoms with Gasteiger partial charge in [-0.05, 0) is 58.6 Å². The molecule has 27 heavy (non-hydrogen) atoms. The minimum atomic E-state index is -3.58. The van der Waals surface area contributed by atoms with Gasteiger partial charge in [0.05, 0.1) is 17.6 Å². The van der Waals surface area contributed by atoms with E-state index < -0.39 is 10.0 Å². The van der Waals surface area contributed by atoms with Crippen LogP contribution in [-0.4, -0.2) is 43.8 Å². The molecule has 0 saturated carbocycles. The molecule has 0 aliphatic carbocycles. The average molecular weight is 454 g/mol. The normalized spacial score (nSPS) is 14.9. The monoisotopic (exact) mass is 453 g/mol. The number of ether oxygens (including phenoxy) is 1. The van der Waals surface area contributed by atoms with Crippen LogP contribution in [0.1, 0.15) is 28.8 Å². The van der Waals surface area contributed by atoms with Crippen LogP contribution in [0.25, 0.3) is 0 Å². The second kappa shape index (κ2) is 8.37. The number of nitrogens with zero attached hydrogens (tertiary/aromatic N) is 2. The van der Waals surface area contributed by atoms with E-state index in [4.69, 9.17) is 4.74 Å². The number of benzene rings is 1. The van der Waals surface area contributed by atoms with E-state index in [1.165, 1.54) is 23.5 Å². The van der Waals surface area contributed by atoms with Crippen molar-refractivity contribution in [2.45, 2.75) is 24.3 Å². The average Bonchev–Trinajstić information content (AvgIpc) is 3.22. The largest absolute Gasteiger partial charge is 0.481 e. The molecule has 0 bridgehead atoms. The van der Waals surface area contributed by atoms with Crippen molar-refractivity contribution in [3.63, 3.8) is 0 Å². The molecule has 7 nitrogen and oxygen atoms in total. The number of methoxy groups -OCH3 is 1. The quantitative estimate of drug-likeness (QED) is 0.725. The first-order chi connectivity index (χ1) is 12.9. The summed E-state index contributed by atoms with van der Waals surface area (Å²) >= 11 is 3.33. The first kappa shape index (κ1) is 19.8. The zero-order valence-electron chi connectivity index (χ0n) is 14.8. The standard InChI is InChI=1S/C18H20BrN3O4S/c1-26-17-10-13(6-7-20-17)12-21-18(23)15-11-14(4-5-16(15)19)27(24,25)22-8-2-3-9-22/h4-7,10-11H,2-3,8-9,12H2,1H3,(H,21,23). The van der Waals surface area contributed by atoms with Crippen molar-refractivity contribution >= 4 is 31.9 Å². The topological polar surface area (TPSA) is 88.6 Å². The van der Waals surface area contributed by atoms with Gasteiger partial charge in [-0.3, -0.25) is 4.79 Å². The first-order valence-corrected chi connectivity index (χ1v) is 10.7. The third-order valence-corrected chi connectivity index (χ3v) is 6.93. The molecular formula is C18H20BrN3O4S. The highest BCUT2D eigenvalue weighted by molar-refractivity contribution is 9.10. The molecule has 1 fully saturated rings. The van der Waals surface area contributed by atoms with Gasteiger partial charge < -0.3 is 10.1 Å². The van der Waals surface area contributed by atoms with E-state index in [1.54, 1.807) is 24.4 Å². The van der Waals surface area contributed by atoms with Crippen LogP contribution in [0.15, 0.2) is 45.9 Å². The number of hydrogen-bond acceptors (Lipinski definition) is 5. The second-order valence-corrected chi connectivity index (χ2v) is 8.93. The summed E-state index contributed by atoms with van der Waals surface area (Å²) in [4.78, 5) is 16.7. The number of carbonyl (C=O) groups is 1. The number of aromatic nitrogens is 1. The lowest BCUT2D eigenvalue weighted by atomic mass is 10.2. The number of amides is 1. The molecule has 1 aliphatic rings. The number of nitrogens with one attached hydrogen (secondary N) is 1. The maximum atomic E-state index is 12.7. The number of pyridine rings is 1. The van der Waals surface area contributed by atoms with Crippen LogP contribution in [0.4, 0.5) is 0 Å². The van der Waals surface area contributed by atoms with Crippen molar-refractivity contribution in [3.05, 3.63) is 52.1 Å². The Hall–Kier alpha value is -1.97. The third-order valence-electron chi connectivity index (χ3n) is 4.35. The van der Waals surface area contributed by atoms with Crippen LogP contribution >= 0.6 is 15.9 Å². The summed E-state index contributed by atoms with van der Waals surface area (Å²) in [5, 5.41) is 2.79. The Labute approximate surface area is 166 Å². The molecule has 144 valence electrons. The van der Waals surface area contributed by atoms with Gasteiger partial charge in [0.1, 0.15) is 0 Å². The molecule has 3 rings (SSSR count). The van der Waals surface area contributed by atoms with E-state index in [1.807, 2.05) is 0 Å². The minimum absolute atomic E-state index is 0.128. The van der Waals surface area contributed by atoms with Crippen molar-refractivity contribution in [2.24, 2.45) is 0 Å². The summed E-state index contributed by atoms with van der Waals surface area (Å²) < 4.78 is 32.5. The van der Waals surface area contributed by atoms with Crippen molar-refractivity contribution < 1.29 is 17.9 Å². The summed E-state index contributed by atoms with van der Waals surface area (Å²) in [5.74, 6) is 0.0951. The molecule has 1 saturated heterocycles. The van der Waals surface area contributed by atoms with Gasteiger partial charge in [-0.25, -0.2) is 13.4 Å². The van der Waals surface area contributed by atoms with Crippen molar-refractivity contribution in [3.8, 4) is 5.88 Å². The molecular weight excluding hydrogens is 434 g/mol. The van der Waals surface area contributed by atoms with Gasteiger partial charge in [-0.2, -0.15) is 4.31 Å². The van der Waals surface area contributed by atoms with Gasteiger partial charge in [0.15, 0.2) is 0 Å².